The van der Waals surface area contributed by atoms with E-state index in [4.69, 9.17) is 9.47 Å². The number of nitrogens with one attached hydrogen (secondary N) is 1. The number of benzene rings is 2. The molecule has 0 saturated heterocycles. The second-order valence-corrected chi connectivity index (χ2v) is 10.2. The lowest BCUT2D eigenvalue weighted by molar-refractivity contribution is -0.384. The number of aromatic nitrogens is 4. The van der Waals surface area contributed by atoms with Gasteiger partial charge in [0.05, 0.1) is 17.7 Å². The zero-order valence-corrected chi connectivity index (χ0v) is 23.9. The van der Waals surface area contributed by atoms with Crippen LogP contribution in [0.5, 0.6) is 11.5 Å². The number of halogens is 3. The molecule has 0 aliphatic heterocycles. The normalized spacial score (nSPS) is 11.4. The molecule has 2 aromatic carbocycles. The highest BCUT2D eigenvalue weighted by atomic mass is 32.1. The van der Waals surface area contributed by atoms with Crippen molar-refractivity contribution in [2.24, 2.45) is 0 Å². The minimum atomic E-state index is -4.63. The van der Waals surface area contributed by atoms with Crippen molar-refractivity contribution in [3.05, 3.63) is 58.8 Å². The third kappa shape index (κ3) is 7.79. The van der Waals surface area contributed by atoms with Crippen molar-refractivity contribution in [3.8, 4) is 32.8 Å². The lowest BCUT2D eigenvalue weighted by atomic mass is 10.2. The van der Waals surface area contributed by atoms with E-state index < -0.39 is 17.7 Å². The Morgan fingerprint density at radius 1 is 1.05 bits per heavy atom. The smallest absolute Gasteiger partial charge is 0.422 e. The molecule has 2 heterocycles. The SMILES string of the molecule is COc1ccc(-c2nnc(-c3ccnc(Nc4cc([N+](=O)[O-])c(N(C)CCN(C)C)cc4OCC(F)(F)F)n3)s2)cc1. The maximum atomic E-state index is 13.1. The summed E-state index contributed by atoms with van der Waals surface area (Å²) < 4.78 is 49.5. The monoisotopic (exact) mass is 604 g/mol. The van der Waals surface area contributed by atoms with Crippen LogP contribution in [0.4, 0.5) is 36.2 Å². The van der Waals surface area contributed by atoms with Gasteiger partial charge in [-0.2, -0.15) is 13.2 Å². The van der Waals surface area contributed by atoms with Crippen LogP contribution >= 0.6 is 11.3 Å². The number of rotatable bonds is 12. The summed E-state index contributed by atoms with van der Waals surface area (Å²) in [4.78, 5) is 23.3. The van der Waals surface area contributed by atoms with Gasteiger partial charge in [0.25, 0.3) is 5.69 Å². The minimum absolute atomic E-state index is 0.0337. The second-order valence-electron chi connectivity index (χ2n) is 9.25. The Labute approximate surface area is 242 Å². The summed E-state index contributed by atoms with van der Waals surface area (Å²) in [5, 5.41) is 24.2. The maximum Gasteiger partial charge on any atom is 0.422 e. The molecule has 0 fully saturated rings. The zero-order chi connectivity index (χ0) is 30.4. The first-order valence-corrected chi connectivity index (χ1v) is 13.2. The van der Waals surface area contributed by atoms with Crippen molar-refractivity contribution in [1.29, 1.82) is 0 Å². The highest BCUT2D eigenvalue weighted by Gasteiger charge is 2.30. The third-order valence-electron chi connectivity index (χ3n) is 5.84. The largest absolute Gasteiger partial charge is 0.497 e. The van der Waals surface area contributed by atoms with Gasteiger partial charge in [-0.3, -0.25) is 10.1 Å². The van der Waals surface area contributed by atoms with Crippen LogP contribution in [0.1, 0.15) is 0 Å². The summed E-state index contributed by atoms with van der Waals surface area (Å²) in [6.45, 7) is -0.663. The molecule has 0 aliphatic carbocycles. The van der Waals surface area contributed by atoms with Crippen molar-refractivity contribution in [2.75, 3.05) is 58.2 Å². The van der Waals surface area contributed by atoms with Crippen LogP contribution in [0.2, 0.25) is 0 Å². The van der Waals surface area contributed by atoms with Crippen molar-refractivity contribution in [3.63, 3.8) is 0 Å². The fourth-order valence-corrected chi connectivity index (χ4v) is 4.51. The number of nitrogens with zero attached hydrogens (tertiary/aromatic N) is 7. The van der Waals surface area contributed by atoms with E-state index in [-0.39, 0.29) is 28.8 Å². The molecule has 0 bridgehead atoms. The van der Waals surface area contributed by atoms with Gasteiger partial charge >= 0.3 is 6.18 Å². The number of nitro benzene ring substituents is 1. The number of nitro groups is 1. The molecule has 222 valence electrons. The van der Waals surface area contributed by atoms with Crippen molar-refractivity contribution >= 4 is 34.3 Å². The Morgan fingerprint density at radius 3 is 2.40 bits per heavy atom. The zero-order valence-electron chi connectivity index (χ0n) is 23.0. The minimum Gasteiger partial charge on any atom is -0.497 e. The Balaban J connectivity index is 1.66. The first kappa shape index (κ1) is 30.4. The van der Waals surface area contributed by atoms with Crippen LogP contribution in [0.3, 0.4) is 0 Å². The van der Waals surface area contributed by atoms with Crippen LogP contribution in [0.25, 0.3) is 21.3 Å². The first-order chi connectivity index (χ1) is 19.9. The molecule has 0 unspecified atom stereocenters. The van der Waals surface area contributed by atoms with Gasteiger partial charge < -0.3 is 24.6 Å². The number of hydrogen-bond donors (Lipinski definition) is 1. The van der Waals surface area contributed by atoms with E-state index in [1.54, 1.807) is 37.3 Å². The summed E-state index contributed by atoms with van der Waals surface area (Å²) in [5.74, 6) is 0.409. The van der Waals surface area contributed by atoms with Crippen LogP contribution in [-0.4, -0.2) is 84.1 Å². The Hall–Kier alpha value is -4.57. The second kappa shape index (κ2) is 12.9. The summed E-state index contributed by atoms with van der Waals surface area (Å²) in [6.07, 6.45) is -3.21. The maximum absolute atomic E-state index is 13.1. The van der Waals surface area contributed by atoms with Crippen LogP contribution in [0.15, 0.2) is 48.7 Å². The van der Waals surface area contributed by atoms with E-state index in [1.807, 2.05) is 31.1 Å². The number of likely N-dealkylation sites (N-methyl/N-ethyl adjacent to an activating group) is 2. The lowest BCUT2D eigenvalue weighted by Gasteiger charge is -2.23. The van der Waals surface area contributed by atoms with Gasteiger partial charge in [-0.15, -0.1) is 10.2 Å². The van der Waals surface area contributed by atoms with E-state index in [9.17, 15) is 23.3 Å². The Morgan fingerprint density at radius 2 is 1.76 bits per heavy atom. The molecule has 0 saturated carbocycles. The standard InChI is InChI=1S/C26H27F3N8O4S/c1-35(2)11-12-36(3)20-14-22(41-15-26(27,28)29)19(13-21(20)37(38)39)32-25-30-10-9-18(31-25)24-34-33-23(42-24)16-5-7-17(40-4)8-6-16/h5-10,13-14H,11-12,15H2,1-4H3,(H,30,31,32). The van der Waals surface area contributed by atoms with Crippen LogP contribution in [0, 0.1) is 10.1 Å². The Bertz CT molecular complexity index is 1530. The van der Waals surface area contributed by atoms with Crippen molar-refractivity contribution in [1.82, 2.24) is 25.1 Å². The molecule has 0 amide bonds. The van der Waals surface area contributed by atoms with Crippen molar-refractivity contribution < 1.29 is 27.6 Å². The average molecular weight is 605 g/mol. The van der Waals surface area contributed by atoms with Gasteiger partial charge in [0.15, 0.2) is 11.6 Å². The highest BCUT2D eigenvalue weighted by Crippen LogP contribution is 2.40. The molecule has 0 aliphatic rings. The number of hydrogen-bond acceptors (Lipinski definition) is 12. The Kier molecular flexibility index (Phi) is 9.37. The molecule has 16 heteroatoms. The molecule has 4 rings (SSSR count). The predicted octanol–water partition coefficient (Wildman–Crippen LogP) is 5.26. The van der Waals surface area contributed by atoms with E-state index in [0.29, 0.717) is 34.5 Å². The van der Waals surface area contributed by atoms with E-state index >= 15 is 0 Å². The van der Waals surface area contributed by atoms with E-state index in [0.717, 1.165) is 11.6 Å². The third-order valence-corrected chi connectivity index (χ3v) is 6.84. The van der Waals surface area contributed by atoms with E-state index in [2.05, 4.69) is 25.5 Å². The molecule has 1 N–H and O–H groups in total. The van der Waals surface area contributed by atoms with Gasteiger partial charge in [0, 0.05) is 44.0 Å². The van der Waals surface area contributed by atoms with E-state index in [1.165, 1.54) is 23.6 Å². The van der Waals surface area contributed by atoms with Crippen LogP contribution < -0.4 is 19.7 Å². The molecule has 2 aromatic heterocycles. The highest BCUT2D eigenvalue weighted by molar-refractivity contribution is 7.17. The number of methoxy groups -OCH3 is 1. The molecule has 4 aromatic rings. The summed E-state index contributed by atoms with van der Waals surface area (Å²) >= 11 is 1.27. The summed E-state index contributed by atoms with van der Waals surface area (Å²) in [7, 11) is 6.86. The molecular weight excluding hydrogens is 577 g/mol. The predicted molar refractivity (Wildman–Crippen MR) is 153 cm³/mol. The van der Waals surface area contributed by atoms with Crippen LogP contribution in [-0.2, 0) is 0 Å². The average Bonchev–Trinajstić information content (AvgIpc) is 3.45. The molecule has 0 radical (unpaired) electrons. The topological polar surface area (TPSA) is 132 Å². The molecule has 42 heavy (non-hydrogen) atoms. The summed E-state index contributed by atoms with van der Waals surface area (Å²) in [6, 6.07) is 11.2. The molecule has 12 nitrogen and oxygen atoms in total. The summed E-state index contributed by atoms with van der Waals surface area (Å²) in [5.41, 5.74) is 0.865. The number of ether oxygens (including phenoxy) is 2. The molecule has 0 spiro atoms. The van der Waals surface area contributed by atoms with Gasteiger partial charge in [-0.05, 0) is 44.4 Å². The number of anilines is 3. The fraction of sp³-hybridized carbons (Fsp3) is 0.308. The molecular formula is C26H27F3N8O4S. The van der Waals surface area contributed by atoms with Gasteiger partial charge in [-0.1, -0.05) is 11.3 Å². The molecule has 0 atom stereocenters. The van der Waals surface area contributed by atoms with Gasteiger partial charge in [0.2, 0.25) is 5.95 Å². The van der Waals surface area contributed by atoms with Crippen molar-refractivity contribution in [2.45, 2.75) is 6.18 Å². The van der Waals surface area contributed by atoms with Gasteiger partial charge in [0.1, 0.15) is 27.9 Å². The number of alkyl halides is 3. The first-order valence-electron chi connectivity index (χ1n) is 12.4. The fourth-order valence-electron chi connectivity index (χ4n) is 3.69. The van der Waals surface area contributed by atoms with Gasteiger partial charge in [-0.25, -0.2) is 9.97 Å². The lowest BCUT2D eigenvalue weighted by Crippen LogP contribution is -2.29. The quantitative estimate of drug-likeness (QED) is 0.168.